The minimum atomic E-state index is 0.393. The van der Waals surface area contributed by atoms with Crippen LogP contribution in [0.4, 0.5) is 0 Å². The quantitative estimate of drug-likeness (QED) is 0.642. The minimum Gasteiger partial charge on any atom is -0.0843 e. The molecular formula is C16H23Cl. The van der Waals surface area contributed by atoms with E-state index in [-0.39, 0.29) is 0 Å². The summed E-state index contributed by atoms with van der Waals surface area (Å²) in [7, 11) is 0. The molecule has 1 heteroatoms. The van der Waals surface area contributed by atoms with E-state index < -0.39 is 0 Å². The van der Waals surface area contributed by atoms with Gasteiger partial charge in [0.2, 0.25) is 0 Å². The van der Waals surface area contributed by atoms with Crippen molar-refractivity contribution in [3.8, 4) is 0 Å². The molecule has 1 aliphatic rings. The molecule has 17 heavy (non-hydrogen) atoms. The van der Waals surface area contributed by atoms with Crippen molar-refractivity contribution in [2.24, 2.45) is 5.41 Å². The molecule has 0 spiro atoms. The lowest BCUT2D eigenvalue weighted by Gasteiger charge is -2.36. The molecule has 0 amide bonds. The van der Waals surface area contributed by atoms with Crippen molar-refractivity contribution in [1.82, 2.24) is 0 Å². The second kappa shape index (κ2) is 4.65. The SMILES string of the molecule is CC(C)(C)CC1(c2ccc(Cl)cc2)CCCC1. The minimum absolute atomic E-state index is 0.393. The number of rotatable bonds is 2. The molecule has 2 rings (SSSR count). The van der Waals surface area contributed by atoms with Gasteiger partial charge in [-0.05, 0) is 47.8 Å². The Kier molecular flexibility index (Phi) is 3.54. The predicted octanol–water partition coefficient (Wildman–Crippen LogP) is 5.59. The normalized spacial score (nSPS) is 19.5. The van der Waals surface area contributed by atoms with Gasteiger partial charge in [0.15, 0.2) is 0 Å². The largest absolute Gasteiger partial charge is 0.0843 e. The summed E-state index contributed by atoms with van der Waals surface area (Å²) in [5.74, 6) is 0. The maximum absolute atomic E-state index is 6.00. The van der Waals surface area contributed by atoms with Crippen LogP contribution in [0.5, 0.6) is 0 Å². The highest BCUT2D eigenvalue weighted by molar-refractivity contribution is 6.30. The summed E-state index contributed by atoms with van der Waals surface area (Å²) < 4.78 is 0. The molecule has 0 nitrogen and oxygen atoms in total. The van der Waals surface area contributed by atoms with Crippen molar-refractivity contribution in [1.29, 1.82) is 0 Å². The molecule has 0 aliphatic heterocycles. The third-order valence-electron chi connectivity index (χ3n) is 3.89. The van der Waals surface area contributed by atoms with Crippen molar-refractivity contribution in [3.05, 3.63) is 34.9 Å². The Balaban J connectivity index is 2.31. The fourth-order valence-electron chi connectivity index (χ4n) is 3.44. The molecule has 0 unspecified atom stereocenters. The molecule has 0 aromatic heterocycles. The van der Waals surface area contributed by atoms with E-state index in [9.17, 15) is 0 Å². The standard InChI is InChI=1S/C16H23Cl/c1-15(2,3)12-16(10-4-5-11-16)13-6-8-14(17)9-7-13/h6-9H,4-5,10-12H2,1-3H3. The highest BCUT2D eigenvalue weighted by atomic mass is 35.5. The van der Waals surface area contributed by atoms with E-state index in [1.807, 2.05) is 12.1 Å². The van der Waals surface area contributed by atoms with E-state index in [1.165, 1.54) is 37.7 Å². The molecule has 0 radical (unpaired) electrons. The molecule has 1 fully saturated rings. The van der Waals surface area contributed by atoms with Crippen LogP contribution in [0.1, 0.15) is 58.4 Å². The number of hydrogen-bond acceptors (Lipinski definition) is 0. The second-order valence-electron chi connectivity index (χ2n) is 6.73. The summed E-state index contributed by atoms with van der Waals surface area (Å²) in [6, 6.07) is 8.55. The molecular weight excluding hydrogens is 228 g/mol. The Morgan fingerprint density at radius 2 is 1.59 bits per heavy atom. The molecule has 0 bridgehead atoms. The fraction of sp³-hybridized carbons (Fsp3) is 0.625. The Bertz CT molecular complexity index is 364. The summed E-state index contributed by atoms with van der Waals surface area (Å²) in [5.41, 5.74) is 2.29. The van der Waals surface area contributed by atoms with Crippen LogP contribution in [-0.2, 0) is 5.41 Å². The maximum atomic E-state index is 6.00. The van der Waals surface area contributed by atoms with Crippen LogP contribution < -0.4 is 0 Å². The predicted molar refractivity (Wildman–Crippen MR) is 75.7 cm³/mol. The first-order chi connectivity index (χ1) is 7.91. The first-order valence-corrected chi connectivity index (χ1v) is 7.05. The van der Waals surface area contributed by atoms with E-state index >= 15 is 0 Å². The van der Waals surface area contributed by atoms with Gasteiger partial charge in [-0.25, -0.2) is 0 Å². The van der Waals surface area contributed by atoms with Gasteiger partial charge >= 0.3 is 0 Å². The Morgan fingerprint density at radius 3 is 2.06 bits per heavy atom. The highest BCUT2D eigenvalue weighted by Crippen LogP contribution is 2.48. The van der Waals surface area contributed by atoms with Crippen molar-refractivity contribution in [2.45, 2.75) is 58.3 Å². The smallest absolute Gasteiger partial charge is 0.0406 e. The zero-order valence-corrected chi connectivity index (χ0v) is 12.0. The molecule has 94 valence electrons. The summed E-state index contributed by atoms with van der Waals surface area (Å²) in [6.07, 6.45) is 6.71. The lowest BCUT2D eigenvalue weighted by Crippen LogP contribution is -2.28. The van der Waals surface area contributed by atoms with Gasteiger partial charge in [-0.2, -0.15) is 0 Å². The number of halogens is 1. The molecule has 0 N–H and O–H groups in total. The molecule has 0 saturated heterocycles. The molecule has 1 aromatic rings. The van der Waals surface area contributed by atoms with Gasteiger partial charge in [-0.3, -0.25) is 0 Å². The second-order valence-corrected chi connectivity index (χ2v) is 7.17. The first-order valence-electron chi connectivity index (χ1n) is 6.67. The zero-order valence-electron chi connectivity index (χ0n) is 11.2. The third kappa shape index (κ3) is 3.04. The average Bonchev–Trinajstić information content (AvgIpc) is 2.65. The first kappa shape index (κ1) is 13.0. The monoisotopic (exact) mass is 250 g/mol. The summed E-state index contributed by atoms with van der Waals surface area (Å²) in [4.78, 5) is 0. The van der Waals surface area contributed by atoms with Gasteiger partial charge in [0, 0.05) is 5.02 Å². The topological polar surface area (TPSA) is 0 Å². The van der Waals surface area contributed by atoms with Gasteiger partial charge in [-0.15, -0.1) is 0 Å². The van der Waals surface area contributed by atoms with Gasteiger partial charge < -0.3 is 0 Å². The van der Waals surface area contributed by atoms with Crippen molar-refractivity contribution < 1.29 is 0 Å². The summed E-state index contributed by atoms with van der Waals surface area (Å²) in [5, 5.41) is 0.845. The van der Waals surface area contributed by atoms with E-state index in [1.54, 1.807) is 0 Å². The van der Waals surface area contributed by atoms with Crippen LogP contribution in [0.2, 0.25) is 5.02 Å². The number of benzene rings is 1. The lowest BCUT2D eigenvalue weighted by molar-refractivity contribution is 0.254. The molecule has 1 saturated carbocycles. The Morgan fingerprint density at radius 1 is 1.06 bits per heavy atom. The summed E-state index contributed by atoms with van der Waals surface area (Å²) >= 11 is 6.00. The molecule has 1 aliphatic carbocycles. The van der Waals surface area contributed by atoms with Crippen LogP contribution in [0.3, 0.4) is 0 Å². The maximum Gasteiger partial charge on any atom is 0.0406 e. The zero-order chi connectivity index (χ0) is 12.5. The average molecular weight is 251 g/mol. The highest BCUT2D eigenvalue weighted by Gasteiger charge is 2.38. The van der Waals surface area contributed by atoms with Gasteiger partial charge in [0.1, 0.15) is 0 Å². The fourth-order valence-corrected chi connectivity index (χ4v) is 3.56. The Hall–Kier alpha value is -0.490. The Labute approximate surface area is 110 Å². The van der Waals surface area contributed by atoms with E-state index in [2.05, 4.69) is 32.9 Å². The van der Waals surface area contributed by atoms with Crippen LogP contribution in [0.15, 0.2) is 24.3 Å². The van der Waals surface area contributed by atoms with E-state index in [0.717, 1.165) is 5.02 Å². The van der Waals surface area contributed by atoms with Crippen LogP contribution >= 0.6 is 11.6 Å². The van der Waals surface area contributed by atoms with Crippen molar-refractivity contribution in [3.63, 3.8) is 0 Å². The molecule has 1 aromatic carbocycles. The molecule has 0 heterocycles. The van der Waals surface area contributed by atoms with Crippen LogP contribution in [0.25, 0.3) is 0 Å². The lowest BCUT2D eigenvalue weighted by atomic mass is 9.68. The van der Waals surface area contributed by atoms with Gasteiger partial charge in [-0.1, -0.05) is 57.3 Å². The van der Waals surface area contributed by atoms with Crippen LogP contribution in [-0.4, -0.2) is 0 Å². The van der Waals surface area contributed by atoms with Gasteiger partial charge in [0.25, 0.3) is 0 Å². The van der Waals surface area contributed by atoms with Crippen molar-refractivity contribution >= 4 is 11.6 Å². The van der Waals surface area contributed by atoms with Gasteiger partial charge in [0.05, 0.1) is 0 Å². The van der Waals surface area contributed by atoms with Crippen LogP contribution in [0, 0.1) is 5.41 Å². The van der Waals surface area contributed by atoms with E-state index in [0.29, 0.717) is 10.8 Å². The number of hydrogen-bond donors (Lipinski definition) is 0. The van der Waals surface area contributed by atoms with Crippen molar-refractivity contribution in [2.75, 3.05) is 0 Å². The van der Waals surface area contributed by atoms with E-state index in [4.69, 9.17) is 11.6 Å². The summed E-state index contributed by atoms with van der Waals surface area (Å²) in [6.45, 7) is 7.05. The third-order valence-corrected chi connectivity index (χ3v) is 4.14. The molecule has 0 atom stereocenters.